The van der Waals surface area contributed by atoms with Gasteiger partial charge in [-0.2, -0.15) is 0 Å². The molecule has 1 aliphatic rings. The van der Waals surface area contributed by atoms with Crippen molar-refractivity contribution in [2.45, 2.75) is 19.4 Å². The van der Waals surface area contributed by atoms with Gasteiger partial charge in [0, 0.05) is 32.7 Å². The summed E-state index contributed by atoms with van der Waals surface area (Å²) >= 11 is 0. The van der Waals surface area contributed by atoms with Crippen molar-refractivity contribution >= 4 is 21.6 Å². The molecule has 1 N–H and O–H groups in total. The molecule has 1 aromatic rings. The molecule has 146 valence electrons. The number of likely N-dealkylation sites (N-methyl/N-ethyl adjacent to an activating group) is 1. The molecule has 1 saturated heterocycles. The van der Waals surface area contributed by atoms with Gasteiger partial charge >= 0.3 is 0 Å². The lowest BCUT2D eigenvalue weighted by molar-refractivity contribution is -0.121. The average molecular weight is 383 g/mol. The van der Waals surface area contributed by atoms with E-state index in [1.807, 2.05) is 6.07 Å². The zero-order valence-corrected chi connectivity index (χ0v) is 16.7. The Hall–Kier alpha value is -1.64. The summed E-state index contributed by atoms with van der Waals surface area (Å²) in [6.07, 6.45) is 1.98. The number of rotatable bonds is 8. The first-order valence-electron chi connectivity index (χ1n) is 9.02. The van der Waals surface area contributed by atoms with Gasteiger partial charge in [-0.1, -0.05) is 18.2 Å². The number of piperazine rings is 1. The van der Waals surface area contributed by atoms with Crippen LogP contribution in [0.25, 0.3) is 0 Å². The number of carbonyl (C=O) groups is 1. The molecule has 0 aliphatic carbocycles. The van der Waals surface area contributed by atoms with Crippen molar-refractivity contribution in [3.63, 3.8) is 0 Å². The van der Waals surface area contributed by atoms with Crippen molar-refractivity contribution < 1.29 is 13.2 Å². The maximum atomic E-state index is 12.5. The number of nitrogens with zero attached hydrogens (tertiary/aromatic N) is 3. The van der Waals surface area contributed by atoms with Crippen LogP contribution in [0.4, 0.5) is 5.69 Å². The second-order valence-corrected chi connectivity index (χ2v) is 8.72. The van der Waals surface area contributed by atoms with Crippen LogP contribution in [0.2, 0.25) is 0 Å². The minimum absolute atomic E-state index is 0.280. The highest BCUT2D eigenvalue weighted by atomic mass is 32.2. The molecule has 0 saturated carbocycles. The Balaban J connectivity index is 1.85. The van der Waals surface area contributed by atoms with Gasteiger partial charge in [0.15, 0.2) is 0 Å². The van der Waals surface area contributed by atoms with Gasteiger partial charge < -0.3 is 15.1 Å². The zero-order chi connectivity index (χ0) is 19.2. The molecule has 1 aliphatic heterocycles. The fourth-order valence-corrected chi connectivity index (χ4v) is 4.29. The number of hydrogen-bond acceptors (Lipinski definition) is 5. The van der Waals surface area contributed by atoms with Crippen LogP contribution in [0.15, 0.2) is 30.3 Å². The number of amides is 1. The molecule has 1 fully saturated rings. The molecular weight excluding hydrogens is 352 g/mol. The van der Waals surface area contributed by atoms with Crippen molar-refractivity contribution in [2.75, 3.05) is 56.9 Å². The minimum atomic E-state index is -3.56. The van der Waals surface area contributed by atoms with E-state index >= 15 is 0 Å². The lowest BCUT2D eigenvalue weighted by atomic mass is 10.2. The van der Waals surface area contributed by atoms with Crippen molar-refractivity contribution in [3.8, 4) is 0 Å². The van der Waals surface area contributed by atoms with Crippen LogP contribution in [0.5, 0.6) is 0 Å². The van der Waals surface area contributed by atoms with E-state index in [4.69, 9.17) is 0 Å². The van der Waals surface area contributed by atoms with E-state index in [0.29, 0.717) is 12.2 Å². The Morgan fingerprint density at radius 2 is 1.81 bits per heavy atom. The van der Waals surface area contributed by atoms with Crippen LogP contribution in [-0.4, -0.2) is 82.7 Å². The Morgan fingerprint density at radius 3 is 2.38 bits per heavy atom. The molecule has 0 aromatic heterocycles. The van der Waals surface area contributed by atoms with Gasteiger partial charge in [-0.15, -0.1) is 0 Å². The third-order valence-electron chi connectivity index (χ3n) is 4.65. The fraction of sp³-hybridized carbons (Fsp3) is 0.611. The lowest BCUT2D eigenvalue weighted by Gasteiger charge is -2.32. The first-order chi connectivity index (χ1) is 12.3. The predicted octanol–water partition coefficient (Wildman–Crippen LogP) is 0.595. The Labute approximate surface area is 157 Å². The molecule has 1 atom stereocenters. The molecule has 0 unspecified atom stereocenters. The third-order valence-corrected chi connectivity index (χ3v) is 5.89. The zero-order valence-electron chi connectivity index (χ0n) is 15.9. The molecule has 0 bridgehead atoms. The Bertz CT molecular complexity index is 673. The van der Waals surface area contributed by atoms with Crippen molar-refractivity contribution in [3.05, 3.63) is 30.3 Å². The summed E-state index contributed by atoms with van der Waals surface area (Å²) in [5.41, 5.74) is 0.495. The summed E-state index contributed by atoms with van der Waals surface area (Å²) < 4.78 is 25.5. The minimum Gasteiger partial charge on any atom is -0.354 e. The topological polar surface area (TPSA) is 73.0 Å². The van der Waals surface area contributed by atoms with Gasteiger partial charge in [-0.3, -0.25) is 9.10 Å². The highest BCUT2D eigenvalue weighted by molar-refractivity contribution is 7.92. The first-order valence-corrected chi connectivity index (χ1v) is 10.9. The Morgan fingerprint density at radius 1 is 1.19 bits per heavy atom. The van der Waals surface area contributed by atoms with Gasteiger partial charge in [0.05, 0.1) is 11.9 Å². The fourth-order valence-electron chi connectivity index (χ4n) is 3.12. The van der Waals surface area contributed by atoms with E-state index in [1.54, 1.807) is 31.2 Å². The van der Waals surface area contributed by atoms with Gasteiger partial charge in [-0.05, 0) is 39.1 Å². The summed E-state index contributed by atoms with van der Waals surface area (Å²) in [5.74, 6) is -0.280. The van der Waals surface area contributed by atoms with E-state index in [0.717, 1.165) is 45.4 Å². The van der Waals surface area contributed by atoms with Crippen molar-refractivity contribution in [1.82, 2.24) is 15.1 Å². The molecule has 2 rings (SSSR count). The maximum Gasteiger partial charge on any atom is 0.243 e. The van der Waals surface area contributed by atoms with Crippen LogP contribution < -0.4 is 9.62 Å². The number of para-hydroxylation sites is 1. The molecule has 0 spiro atoms. The number of nitrogens with one attached hydrogen (secondary N) is 1. The predicted molar refractivity (Wildman–Crippen MR) is 105 cm³/mol. The van der Waals surface area contributed by atoms with Crippen LogP contribution in [0, 0.1) is 0 Å². The number of hydrogen-bond donors (Lipinski definition) is 1. The van der Waals surface area contributed by atoms with E-state index in [9.17, 15) is 13.2 Å². The molecule has 26 heavy (non-hydrogen) atoms. The summed E-state index contributed by atoms with van der Waals surface area (Å²) in [7, 11) is -1.43. The molecule has 0 radical (unpaired) electrons. The van der Waals surface area contributed by atoms with Crippen LogP contribution in [0.1, 0.15) is 13.3 Å². The summed E-state index contributed by atoms with van der Waals surface area (Å²) in [4.78, 5) is 17.2. The summed E-state index contributed by atoms with van der Waals surface area (Å²) in [6.45, 7) is 7.35. The van der Waals surface area contributed by atoms with Crippen LogP contribution in [-0.2, 0) is 14.8 Å². The van der Waals surface area contributed by atoms with Crippen LogP contribution in [0.3, 0.4) is 0 Å². The quantitative estimate of drug-likeness (QED) is 0.667. The van der Waals surface area contributed by atoms with Crippen molar-refractivity contribution in [2.24, 2.45) is 0 Å². The van der Waals surface area contributed by atoms with Crippen molar-refractivity contribution in [1.29, 1.82) is 0 Å². The molecular formula is C18H30N4O3S. The molecule has 1 heterocycles. The normalized spacial score (nSPS) is 17.7. The highest BCUT2D eigenvalue weighted by Crippen LogP contribution is 2.20. The maximum absolute atomic E-state index is 12.5. The summed E-state index contributed by atoms with van der Waals surface area (Å²) in [5, 5.41) is 2.87. The SMILES string of the molecule is C[C@@H](C(=O)NCCCN1CCN(C)CC1)N(c1ccccc1)S(C)(=O)=O. The first kappa shape index (κ1) is 20.7. The average Bonchev–Trinajstić information content (AvgIpc) is 2.60. The van der Waals surface area contributed by atoms with Gasteiger partial charge in [0.1, 0.15) is 6.04 Å². The number of sulfonamides is 1. The standard InChI is InChI=1S/C18H30N4O3S/c1-16(22(26(3,24)25)17-8-5-4-6-9-17)18(23)19-10-7-11-21-14-12-20(2)13-15-21/h4-6,8-9,16H,7,10-15H2,1-3H3,(H,19,23)/t16-/m0/s1. The van der Waals surface area contributed by atoms with Gasteiger partial charge in [-0.25, -0.2) is 8.42 Å². The largest absolute Gasteiger partial charge is 0.354 e. The second kappa shape index (κ2) is 9.34. The molecule has 8 heteroatoms. The molecule has 7 nitrogen and oxygen atoms in total. The Kier molecular flexibility index (Phi) is 7.43. The number of carbonyl (C=O) groups excluding carboxylic acids is 1. The van der Waals surface area contributed by atoms with E-state index in [1.165, 1.54) is 4.31 Å². The lowest BCUT2D eigenvalue weighted by Crippen LogP contribution is -2.48. The van der Waals surface area contributed by atoms with E-state index in [-0.39, 0.29) is 5.91 Å². The van der Waals surface area contributed by atoms with Crippen LogP contribution >= 0.6 is 0 Å². The van der Waals surface area contributed by atoms with Gasteiger partial charge in [0.2, 0.25) is 15.9 Å². The summed E-state index contributed by atoms with van der Waals surface area (Å²) in [6, 6.07) is 7.92. The van der Waals surface area contributed by atoms with Gasteiger partial charge in [0.25, 0.3) is 0 Å². The third kappa shape index (κ3) is 5.96. The monoisotopic (exact) mass is 382 g/mol. The molecule has 1 aromatic carbocycles. The molecule has 1 amide bonds. The number of anilines is 1. The number of benzene rings is 1. The van der Waals surface area contributed by atoms with E-state index < -0.39 is 16.1 Å². The highest BCUT2D eigenvalue weighted by Gasteiger charge is 2.28. The van der Waals surface area contributed by atoms with E-state index in [2.05, 4.69) is 22.2 Å². The second-order valence-electron chi connectivity index (χ2n) is 6.86. The smallest absolute Gasteiger partial charge is 0.243 e.